The van der Waals surface area contributed by atoms with Gasteiger partial charge in [-0.2, -0.15) is 0 Å². The summed E-state index contributed by atoms with van der Waals surface area (Å²) in [5, 5.41) is 26.0. The average molecular weight is 600 g/mol. The molecule has 3 atom stereocenters. The first-order valence-corrected chi connectivity index (χ1v) is 14.2. The van der Waals surface area contributed by atoms with Gasteiger partial charge in [-0.05, 0) is 18.7 Å². The van der Waals surface area contributed by atoms with Crippen LogP contribution in [-0.4, -0.2) is 104 Å². The van der Waals surface area contributed by atoms with Crippen LogP contribution >= 0.6 is 23.5 Å². The Morgan fingerprint density at radius 3 is 2.42 bits per heavy atom. The van der Waals surface area contributed by atoms with Gasteiger partial charge in [-0.25, -0.2) is 4.79 Å². The molecule has 1 aromatic rings. The Labute approximate surface area is 260 Å². The van der Waals surface area contributed by atoms with E-state index in [1.165, 1.54) is 11.2 Å². The van der Waals surface area contributed by atoms with E-state index < -0.39 is 58.4 Å². The Hall–Kier alpha value is -2.56. The van der Waals surface area contributed by atoms with Crippen LogP contribution in [0.1, 0.15) is 18.5 Å². The summed E-state index contributed by atoms with van der Waals surface area (Å²) in [4.78, 5) is 79.5. The number of hydrogen-bond donors (Lipinski definition) is 3. The number of amides is 6. The van der Waals surface area contributed by atoms with Crippen LogP contribution in [0.25, 0.3) is 0 Å². The van der Waals surface area contributed by atoms with Gasteiger partial charge in [0.2, 0.25) is 0 Å². The van der Waals surface area contributed by atoms with Gasteiger partial charge in [0, 0.05) is 31.0 Å². The molecule has 40 heavy (non-hydrogen) atoms. The Kier molecular flexibility index (Phi) is 10.4. The second-order valence-electron chi connectivity index (χ2n) is 8.80. The van der Waals surface area contributed by atoms with E-state index in [0.29, 0.717) is 12.1 Å². The molecule has 208 valence electrons. The number of fused-ring (bicyclic) bond motifs is 1. The minimum Gasteiger partial charge on any atom is -0.548 e. The van der Waals surface area contributed by atoms with Crippen molar-refractivity contribution in [2.45, 2.75) is 23.1 Å². The third-order valence-electron chi connectivity index (χ3n) is 6.77. The van der Waals surface area contributed by atoms with Crippen molar-refractivity contribution in [1.82, 2.24) is 25.3 Å². The van der Waals surface area contributed by atoms with Gasteiger partial charge in [0.15, 0.2) is 4.75 Å². The summed E-state index contributed by atoms with van der Waals surface area (Å²) in [5.41, 5.74) is 0.617. The molecule has 16 heteroatoms. The number of nitrogens with zero attached hydrogens (tertiary/aromatic N) is 3. The number of benzene rings is 1. The maximum atomic E-state index is 13.6. The number of imide groups is 1. The summed E-state index contributed by atoms with van der Waals surface area (Å²) in [6, 6.07) is 5.77. The van der Waals surface area contributed by atoms with Gasteiger partial charge in [0.25, 0.3) is 11.8 Å². The second kappa shape index (κ2) is 13.0. The summed E-state index contributed by atoms with van der Waals surface area (Å²) >= 11 is 1.94. The van der Waals surface area contributed by atoms with E-state index in [0.717, 1.165) is 33.3 Å². The second-order valence-corrected chi connectivity index (χ2v) is 10.9. The normalized spacial score (nSPS) is 23.1. The number of carboxylic acids is 1. The van der Waals surface area contributed by atoms with E-state index in [4.69, 9.17) is 0 Å². The minimum atomic E-state index is -1.85. The van der Waals surface area contributed by atoms with Crippen LogP contribution in [0.5, 0.6) is 0 Å². The zero-order valence-electron chi connectivity index (χ0n) is 22.0. The molecule has 3 aliphatic rings. The van der Waals surface area contributed by atoms with Gasteiger partial charge in [0.05, 0.1) is 12.6 Å². The molecule has 0 aliphatic carbocycles. The van der Waals surface area contributed by atoms with Gasteiger partial charge in [0.1, 0.15) is 17.2 Å². The zero-order valence-corrected chi connectivity index (χ0v) is 25.7. The Morgan fingerprint density at radius 2 is 1.85 bits per heavy atom. The zero-order chi connectivity index (χ0) is 28.5. The molecule has 3 heterocycles. The standard InChI is InChI=1S/C24H27N5O8S2.Na/c1-3-27-9-10-28(19(33)18(27)32)23(37)25-15(13-7-5-4-6-8-13)17(31)26-16-14(11-30)12-39-21-24(38-2,22(35)36)20(34)29(16)21;/h4-8,15,21,30H,3,9-12H2,1-2H3,(H,25,37)(H,26,31)(H,35,36);/q;+1/p-1/t15?,21-,24-;/m0./s1. The fourth-order valence-corrected chi connectivity index (χ4v) is 7.18. The number of rotatable bonds is 8. The van der Waals surface area contributed by atoms with Crippen LogP contribution in [0, 0.1) is 0 Å². The molecule has 0 bridgehead atoms. The van der Waals surface area contributed by atoms with E-state index in [1.54, 1.807) is 37.3 Å². The van der Waals surface area contributed by atoms with Crippen LogP contribution in [0.2, 0.25) is 0 Å². The summed E-state index contributed by atoms with van der Waals surface area (Å²) in [5.74, 6) is -4.96. The first kappa shape index (κ1) is 32.0. The summed E-state index contributed by atoms with van der Waals surface area (Å²) in [6.45, 7) is 1.59. The molecule has 3 aliphatic heterocycles. The smallest absolute Gasteiger partial charge is 0.548 e. The predicted molar refractivity (Wildman–Crippen MR) is 138 cm³/mol. The van der Waals surface area contributed by atoms with Crippen LogP contribution in [0.3, 0.4) is 0 Å². The Balaban J connectivity index is 0.00000441. The molecule has 0 aromatic heterocycles. The van der Waals surface area contributed by atoms with Crippen molar-refractivity contribution in [2.24, 2.45) is 0 Å². The van der Waals surface area contributed by atoms with Crippen LogP contribution in [0.15, 0.2) is 41.7 Å². The number of carbonyl (C=O) groups excluding carboxylic acids is 6. The number of likely N-dealkylation sites (N-methyl/N-ethyl adjacent to an activating group) is 1. The Morgan fingerprint density at radius 1 is 1.18 bits per heavy atom. The number of aliphatic hydroxyl groups excluding tert-OH is 1. The third-order valence-corrected chi connectivity index (χ3v) is 9.52. The molecule has 1 unspecified atom stereocenters. The number of aliphatic carboxylic acids is 1. The van der Waals surface area contributed by atoms with Crippen molar-refractivity contribution in [1.29, 1.82) is 0 Å². The number of urea groups is 1. The molecule has 2 fully saturated rings. The van der Waals surface area contributed by atoms with Crippen molar-refractivity contribution >= 4 is 59.2 Å². The Bertz CT molecular complexity index is 1260. The van der Waals surface area contributed by atoms with E-state index in [9.17, 15) is 39.0 Å². The molecule has 4 rings (SSSR count). The van der Waals surface area contributed by atoms with Gasteiger partial charge in [-0.15, -0.1) is 23.5 Å². The molecular formula is C24H26N5NaO8S2. The molecule has 13 nitrogen and oxygen atoms in total. The van der Waals surface area contributed by atoms with E-state index in [1.807, 2.05) is 0 Å². The largest absolute Gasteiger partial charge is 1.00 e. The fraction of sp³-hybridized carbons (Fsp3) is 0.417. The van der Waals surface area contributed by atoms with Crippen molar-refractivity contribution in [3.8, 4) is 0 Å². The number of hydrogen-bond acceptors (Lipinski definition) is 10. The SMILES string of the molecule is CCN1CCN(C(=O)NC(C(=O)NC2=C(CO)CS[C@@H]3N2C(=O)[C@@]3(SC)C(=O)[O-])c2ccccc2)C(=O)C1=O.[Na+]. The number of carboxylic acid groups (broad SMARTS) is 1. The molecule has 0 saturated carbocycles. The van der Waals surface area contributed by atoms with E-state index in [-0.39, 0.29) is 59.8 Å². The average Bonchev–Trinajstić information content (AvgIpc) is 2.93. The molecule has 1 aromatic carbocycles. The monoisotopic (exact) mass is 599 g/mol. The number of piperazine rings is 1. The van der Waals surface area contributed by atoms with E-state index >= 15 is 0 Å². The van der Waals surface area contributed by atoms with Crippen molar-refractivity contribution < 1.29 is 68.5 Å². The first-order valence-electron chi connectivity index (χ1n) is 11.9. The van der Waals surface area contributed by atoms with E-state index in [2.05, 4.69) is 10.6 Å². The number of aliphatic hydroxyl groups is 1. The van der Waals surface area contributed by atoms with Crippen molar-refractivity contribution in [3.63, 3.8) is 0 Å². The molecule has 0 spiro atoms. The van der Waals surface area contributed by atoms with Gasteiger partial charge < -0.3 is 30.5 Å². The third kappa shape index (κ3) is 5.37. The molecule has 0 radical (unpaired) electrons. The molecule has 2 saturated heterocycles. The quantitative estimate of drug-likeness (QED) is 0.114. The van der Waals surface area contributed by atoms with Crippen molar-refractivity contribution in [3.05, 3.63) is 47.3 Å². The molecular weight excluding hydrogens is 573 g/mol. The predicted octanol–water partition coefficient (Wildman–Crippen LogP) is -4.78. The summed E-state index contributed by atoms with van der Waals surface area (Å²) in [6.07, 6.45) is 1.47. The maximum Gasteiger partial charge on any atom is 1.00 e. The number of thioether (sulfide) groups is 2. The van der Waals surface area contributed by atoms with Gasteiger partial charge in [-0.1, -0.05) is 30.3 Å². The fourth-order valence-electron chi connectivity index (χ4n) is 4.57. The number of β-lactam (4-membered cyclic amide) rings is 1. The van der Waals surface area contributed by atoms with Gasteiger partial charge >= 0.3 is 47.4 Å². The van der Waals surface area contributed by atoms with Gasteiger partial charge in [-0.3, -0.25) is 29.0 Å². The molecule has 6 amide bonds. The first-order chi connectivity index (χ1) is 18.6. The van der Waals surface area contributed by atoms with Crippen LogP contribution < -0.4 is 45.3 Å². The minimum absolute atomic E-state index is 0. The summed E-state index contributed by atoms with van der Waals surface area (Å²) < 4.78 is -1.85. The number of carbonyl (C=O) groups is 6. The van der Waals surface area contributed by atoms with Crippen LogP contribution in [0.4, 0.5) is 4.79 Å². The summed E-state index contributed by atoms with van der Waals surface area (Å²) in [7, 11) is 0. The number of nitrogens with one attached hydrogen (secondary N) is 2. The van der Waals surface area contributed by atoms with Crippen molar-refractivity contribution in [2.75, 3.05) is 38.2 Å². The topological polar surface area (TPSA) is 179 Å². The maximum absolute atomic E-state index is 13.6. The molecule has 3 N–H and O–H groups in total. The van der Waals surface area contributed by atoms with Crippen LogP contribution in [-0.2, 0) is 24.0 Å².